The van der Waals surface area contributed by atoms with E-state index in [1.165, 1.54) is 0 Å². The van der Waals surface area contributed by atoms with Crippen molar-refractivity contribution in [1.29, 1.82) is 0 Å². The quantitative estimate of drug-likeness (QED) is 0.503. The van der Waals surface area contributed by atoms with Gasteiger partial charge in [0.25, 0.3) is 0 Å². The first-order valence-electron chi connectivity index (χ1n) is 7.66. The molecule has 0 bridgehead atoms. The van der Waals surface area contributed by atoms with Gasteiger partial charge < -0.3 is 15.8 Å². The maximum atomic E-state index is 5.87. The van der Waals surface area contributed by atoms with Gasteiger partial charge in [0, 0.05) is 13.2 Å². The van der Waals surface area contributed by atoms with Crippen molar-refractivity contribution >= 4 is 17.3 Å². The molecule has 0 aromatic rings. The maximum Gasteiger partial charge on any atom is 0.163 e. The lowest BCUT2D eigenvalue weighted by molar-refractivity contribution is 0.0421. The van der Waals surface area contributed by atoms with Crippen LogP contribution < -0.4 is 11.1 Å². The van der Waals surface area contributed by atoms with E-state index in [1.807, 2.05) is 0 Å². The first-order valence-corrected chi connectivity index (χ1v) is 8.06. The minimum Gasteiger partial charge on any atom is -0.381 e. The van der Waals surface area contributed by atoms with Gasteiger partial charge in [0.2, 0.25) is 0 Å². The molecule has 0 aliphatic rings. The number of hydrogen-bond donors (Lipinski definition) is 2. The van der Waals surface area contributed by atoms with E-state index in [0.29, 0.717) is 16.4 Å². The molecule has 0 spiro atoms. The number of nitrogens with one attached hydrogen (secondary N) is 1. The highest BCUT2D eigenvalue weighted by Crippen LogP contribution is 2.28. The first-order chi connectivity index (χ1) is 9.04. The summed E-state index contributed by atoms with van der Waals surface area (Å²) in [5.41, 5.74) is 5.98. The van der Waals surface area contributed by atoms with Crippen LogP contribution in [0.3, 0.4) is 0 Å². The standard InChI is InChI=1S/C16H34N2OS/c1-13(15(2,3)4)8-11-19-12-16(5,6)9-7-10-18-14(17)20/h13H,7-12H2,1-6H3,(H3,17,18,20). The molecule has 0 radical (unpaired) electrons. The highest BCUT2D eigenvalue weighted by Gasteiger charge is 2.21. The third-order valence-electron chi connectivity index (χ3n) is 4.00. The summed E-state index contributed by atoms with van der Waals surface area (Å²) in [6.07, 6.45) is 3.30. The fourth-order valence-electron chi connectivity index (χ4n) is 1.89. The van der Waals surface area contributed by atoms with Crippen LogP contribution in [0, 0.1) is 16.7 Å². The van der Waals surface area contributed by atoms with E-state index in [-0.39, 0.29) is 5.41 Å². The van der Waals surface area contributed by atoms with Gasteiger partial charge >= 0.3 is 0 Å². The second kappa shape index (κ2) is 8.83. The number of ether oxygens (including phenoxy) is 1. The molecule has 120 valence electrons. The van der Waals surface area contributed by atoms with Gasteiger partial charge in [-0.05, 0) is 48.2 Å². The summed E-state index contributed by atoms with van der Waals surface area (Å²) in [6.45, 7) is 16.2. The van der Waals surface area contributed by atoms with E-state index in [1.54, 1.807) is 0 Å². The van der Waals surface area contributed by atoms with Crippen molar-refractivity contribution in [3.05, 3.63) is 0 Å². The number of nitrogens with two attached hydrogens (primary N) is 1. The Labute approximate surface area is 131 Å². The lowest BCUT2D eigenvalue weighted by Gasteiger charge is -2.28. The zero-order chi connectivity index (χ0) is 15.8. The largest absolute Gasteiger partial charge is 0.381 e. The Morgan fingerprint density at radius 1 is 1.25 bits per heavy atom. The second-order valence-corrected chi connectivity index (χ2v) is 8.11. The van der Waals surface area contributed by atoms with Crippen molar-refractivity contribution in [3.8, 4) is 0 Å². The summed E-state index contributed by atoms with van der Waals surface area (Å²) in [5.74, 6) is 0.681. The molecular formula is C16H34N2OS. The van der Waals surface area contributed by atoms with Crippen molar-refractivity contribution in [2.45, 2.75) is 60.8 Å². The lowest BCUT2D eigenvalue weighted by atomic mass is 9.80. The van der Waals surface area contributed by atoms with Crippen LogP contribution in [-0.2, 0) is 4.74 Å². The van der Waals surface area contributed by atoms with Gasteiger partial charge in [-0.25, -0.2) is 0 Å². The smallest absolute Gasteiger partial charge is 0.163 e. The van der Waals surface area contributed by atoms with E-state index in [2.05, 4.69) is 46.9 Å². The van der Waals surface area contributed by atoms with Gasteiger partial charge in [0.1, 0.15) is 0 Å². The van der Waals surface area contributed by atoms with E-state index >= 15 is 0 Å². The van der Waals surface area contributed by atoms with Crippen molar-refractivity contribution in [2.24, 2.45) is 22.5 Å². The molecule has 0 aliphatic carbocycles. The molecule has 0 amide bonds. The Balaban J connectivity index is 3.74. The molecule has 4 heteroatoms. The minimum absolute atomic E-state index is 0.211. The van der Waals surface area contributed by atoms with Gasteiger partial charge in [0.05, 0.1) is 6.61 Å². The lowest BCUT2D eigenvalue weighted by Crippen LogP contribution is -2.31. The second-order valence-electron chi connectivity index (χ2n) is 7.67. The zero-order valence-corrected chi connectivity index (χ0v) is 15.0. The summed E-state index contributed by atoms with van der Waals surface area (Å²) in [4.78, 5) is 0. The Morgan fingerprint density at radius 3 is 2.35 bits per heavy atom. The Bertz CT molecular complexity index is 285. The number of rotatable bonds is 9. The van der Waals surface area contributed by atoms with Crippen molar-refractivity contribution in [3.63, 3.8) is 0 Å². The Kier molecular flexibility index (Phi) is 8.68. The molecule has 3 N–H and O–H groups in total. The third-order valence-corrected chi connectivity index (χ3v) is 4.14. The van der Waals surface area contributed by atoms with Crippen LogP contribution in [0.5, 0.6) is 0 Å². The van der Waals surface area contributed by atoms with Crippen LogP contribution in [0.25, 0.3) is 0 Å². The highest BCUT2D eigenvalue weighted by molar-refractivity contribution is 7.80. The topological polar surface area (TPSA) is 47.3 Å². The summed E-state index contributed by atoms with van der Waals surface area (Å²) < 4.78 is 5.87. The minimum atomic E-state index is 0.211. The van der Waals surface area contributed by atoms with Crippen molar-refractivity contribution in [1.82, 2.24) is 5.32 Å². The molecule has 3 nitrogen and oxygen atoms in total. The van der Waals surface area contributed by atoms with Gasteiger partial charge in [-0.2, -0.15) is 0 Å². The predicted molar refractivity (Wildman–Crippen MR) is 91.9 cm³/mol. The molecule has 0 heterocycles. The van der Waals surface area contributed by atoms with Crippen molar-refractivity contribution < 1.29 is 4.74 Å². The van der Waals surface area contributed by atoms with Gasteiger partial charge in [0.15, 0.2) is 5.11 Å². The van der Waals surface area contributed by atoms with Crippen LogP contribution in [0.15, 0.2) is 0 Å². The average Bonchev–Trinajstić information content (AvgIpc) is 2.28. The van der Waals surface area contributed by atoms with Gasteiger partial charge in [-0.1, -0.05) is 41.5 Å². The van der Waals surface area contributed by atoms with Gasteiger partial charge in [-0.3, -0.25) is 0 Å². The maximum absolute atomic E-state index is 5.87. The van der Waals surface area contributed by atoms with Gasteiger partial charge in [-0.15, -0.1) is 0 Å². The molecule has 0 saturated heterocycles. The molecule has 20 heavy (non-hydrogen) atoms. The molecule has 1 unspecified atom stereocenters. The van der Waals surface area contributed by atoms with Crippen LogP contribution in [0.2, 0.25) is 0 Å². The van der Waals surface area contributed by atoms with E-state index in [4.69, 9.17) is 22.7 Å². The summed E-state index contributed by atoms with van der Waals surface area (Å²) in [5, 5.41) is 3.37. The Morgan fingerprint density at radius 2 is 1.85 bits per heavy atom. The molecule has 0 aromatic heterocycles. The van der Waals surface area contributed by atoms with E-state index < -0.39 is 0 Å². The molecule has 0 fully saturated rings. The monoisotopic (exact) mass is 302 g/mol. The predicted octanol–water partition coefficient (Wildman–Crippen LogP) is 3.71. The molecular weight excluding hydrogens is 268 g/mol. The molecule has 0 rings (SSSR count). The summed E-state index contributed by atoms with van der Waals surface area (Å²) in [7, 11) is 0. The van der Waals surface area contributed by atoms with E-state index in [9.17, 15) is 0 Å². The summed E-state index contributed by atoms with van der Waals surface area (Å²) >= 11 is 4.78. The molecule has 0 aliphatic heterocycles. The van der Waals surface area contributed by atoms with Crippen molar-refractivity contribution in [2.75, 3.05) is 19.8 Å². The van der Waals surface area contributed by atoms with Crippen LogP contribution in [0.1, 0.15) is 60.8 Å². The van der Waals surface area contributed by atoms with Crippen LogP contribution in [0.4, 0.5) is 0 Å². The summed E-state index contributed by atoms with van der Waals surface area (Å²) in [6, 6.07) is 0. The first kappa shape index (κ1) is 19.7. The SMILES string of the molecule is CC(CCOCC(C)(C)CCCNC(N)=S)C(C)(C)C. The fraction of sp³-hybridized carbons (Fsp3) is 0.938. The molecule has 0 aromatic carbocycles. The molecule has 0 saturated carbocycles. The zero-order valence-electron chi connectivity index (χ0n) is 14.2. The highest BCUT2D eigenvalue weighted by atomic mass is 32.1. The molecule has 1 atom stereocenters. The number of hydrogen-bond acceptors (Lipinski definition) is 2. The normalized spacial score (nSPS) is 14.1. The third kappa shape index (κ3) is 10.4. The van der Waals surface area contributed by atoms with Crippen LogP contribution in [-0.4, -0.2) is 24.9 Å². The Hall–Kier alpha value is -0.350. The fourth-order valence-corrected chi connectivity index (χ4v) is 1.99. The van der Waals surface area contributed by atoms with E-state index in [0.717, 1.165) is 39.0 Å². The van der Waals surface area contributed by atoms with Crippen LogP contribution >= 0.6 is 12.2 Å². The number of thiocarbonyl (C=S) groups is 1. The average molecular weight is 303 g/mol.